The van der Waals surface area contributed by atoms with Crippen LogP contribution in [-0.2, 0) is 5.41 Å². The van der Waals surface area contributed by atoms with Crippen LogP contribution in [0.1, 0.15) is 44.6 Å². The Labute approximate surface area is 97.3 Å². The maximum atomic E-state index is 9.47. The molecule has 0 unspecified atom stereocenters. The minimum absolute atomic E-state index is 0.220. The number of hydrogen-bond donors (Lipinski definition) is 1. The topological polar surface area (TPSA) is 29.5 Å². The van der Waals surface area contributed by atoms with Gasteiger partial charge in [0.15, 0.2) is 0 Å². The van der Waals surface area contributed by atoms with E-state index >= 15 is 0 Å². The van der Waals surface area contributed by atoms with Gasteiger partial charge in [-0.05, 0) is 24.3 Å². The van der Waals surface area contributed by atoms with Crippen molar-refractivity contribution in [1.82, 2.24) is 0 Å². The number of benzene rings is 1. The predicted molar refractivity (Wildman–Crippen MR) is 65.1 cm³/mol. The molecular weight excluding hydrogens is 200 g/mol. The molecule has 0 radical (unpaired) electrons. The van der Waals surface area contributed by atoms with Gasteiger partial charge in [-0.1, -0.05) is 32.3 Å². The largest absolute Gasteiger partial charge is 0.508 e. The van der Waals surface area contributed by atoms with Crippen molar-refractivity contribution in [1.29, 1.82) is 0 Å². The van der Waals surface area contributed by atoms with Crippen molar-refractivity contribution in [2.45, 2.75) is 44.4 Å². The molecule has 1 aliphatic carbocycles. The summed E-state index contributed by atoms with van der Waals surface area (Å²) in [4.78, 5) is 0. The summed E-state index contributed by atoms with van der Waals surface area (Å²) < 4.78 is 5.38. The zero-order chi connectivity index (χ0) is 11.6. The van der Waals surface area contributed by atoms with Crippen LogP contribution in [0.3, 0.4) is 0 Å². The molecule has 1 aliphatic rings. The summed E-state index contributed by atoms with van der Waals surface area (Å²) in [6.45, 7) is 2.31. The summed E-state index contributed by atoms with van der Waals surface area (Å²) in [6.07, 6.45) is 6.36. The molecular formula is C14H20O2. The molecule has 1 fully saturated rings. The highest BCUT2D eigenvalue weighted by Gasteiger charge is 2.31. The van der Waals surface area contributed by atoms with E-state index in [0.717, 1.165) is 5.75 Å². The van der Waals surface area contributed by atoms with Gasteiger partial charge in [0.25, 0.3) is 0 Å². The molecule has 0 atom stereocenters. The Kier molecular flexibility index (Phi) is 3.08. The summed E-state index contributed by atoms with van der Waals surface area (Å²) in [6, 6.07) is 5.49. The molecule has 0 aromatic heterocycles. The van der Waals surface area contributed by atoms with Crippen LogP contribution in [0.5, 0.6) is 11.5 Å². The molecule has 2 heteroatoms. The third kappa shape index (κ3) is 2.01. The fraction of sp³-hybridized carbons (Fsp3) is 0.571. The first-order chi connectivity index (χ1) is 7.65. The Balaban J connectivity index is 2.37. The van der Waals surface area contributed by atoms with Gasteiger partial charge < -0.3 is 9.84 Å². The van der Waals surface area contributed by atoms with Crippen LogP contribution in [0.15, 0.2) is 18.2 Å². The van der Waals surface area contributed by atoms with E-state index in [0.29, 0.717) is 0 Å². The molecule has 0 spiro atoms. The molecule has 1 saturated carbocycles. The molecule has 0 aliphatic heterocycles. The number of methoxy groups -OCH3 is 1. The Morgan fingerprint density at radius 2 is 1.88 bits per heavy atom. The zero-order valence-electron chi connectivity index (χ0n) is 10.1. The first-order valence-electron chi connectivity index (χ1n) is 6.03. The third-order valence-electron chi connectivity index (χ3n) is 3.79. The van der Waals surface area contributed by atoms with Gasteiger partial charge in [0.05, 0.1) is 7.11 Å². The Morgan fingerprint density at radius 3 is 2.50 bits per heavy atom. The standard InChI is InChI=1S/C14H20O2/c1-14(8-4-3-5-9-14)12-7-6-11(15)10-13(12)16-2/h6-7,10,15H,3-5,8-9H2,1-2H3. The Morgan fingerprint density at radius 1 is 1.19 bits per heavy atom. The minimum atomic E-state index is 0.220. The van der Waals surface area contributed by atoms with Crippen molar-refractivity contribution in [3.63, 3.8) is 0 Å². The molecule has 2 rings (SSSR count). The molecule has 16 heavy (non-hydrogen) atoms. The van der Waals surface area contributed by atoms with Gasteiger partial charge in [-0.25, -0.2) is 0 Å². The lowest BCUT2D eigenvalue weighted by Crippen LogP contribution is -2.25. The number of phenols is 1. The van der Waals surface area contributed by atoms with Gasteiger partial charge >= 0.3 is 0 Å². The number of phenolic OH excluding ortho intramolecular Hbond substituents is 1. The summed E-state index contributed by atoms with van der Waals surface area (Å²) in [5.41, 5.74) is 1.46. The zero-order valence-corrected chi connectivity index (χ0v) is 10.1. The second-order valence-electron chi connectivity index (χ2n) is 5.01. The van der Waals surface area contributed by atoms with Crippen molar-refractivity contribution < 1.29 is 9.84 Å². The van der Waals surface area contributed by atoms with Gasteiger partial charge in [-0.15, -0.1) is 0 Å². The van der Waals surface area contributed by atoms with E-state index in [9.17, 15) is 5.11 Å². The average molecular weight is 220 g/mol. The van der Waals surface area contributed by atoms with Gasteiger partial charge in [0.1, 0.15) is 11.5 Å². The van der Waals surface area contributed by atoms with Crippen LogP contribution in [0.25, 0.3) is 0 Å². The highest BCUT2D eigenvalue weighted by atomic mass is 16.5. The predicted octanol–water partition coefficient (Wildman–Crippen LogP) is 3.62. The van der Waals surface area contributed by atoms with Crippen molar-refractivity contribution in [3.8, 4) is 11.5 Å². The van der Waals surface area contributed by atoms with Crippen molar-refractivity contribution in [2.75, 3.05) is 7.11 Å². The second kappa shape index (κ2) is 4.36. The number of hydrogen-bond acceptors (Lipinski definition) is 2. The summed E-state index contributed by atoms with van der Waals surface area (Å²) in [7, 11) is 1.67. The van der Waals surface area contributed by atoms with Gasteiger partial charge in [-0.2, -0.15) is 0 Å². The molecule has 1 aromatic carbocycles. The van der Waals surface area contributed by atoms with Gasteiger partial charge in [0, 0.05) is 11.6 Å². The van der Waals surface area contributed by atoms with Crippen LogP contribution >= 0.6 is 0 Å². The molecule has 0 saturated heterocycles. The molecule has 1 N–H and O–H groups in total. The number of ether oxygens (including phenoxy) is 1. The highest BCUT2D eigenvalue weighted by Crippen LogP contribution is 2.43. The summed E-state index contributed by atoms with van der Waals surface area (Å²) >= 11 is 0. The van der Waals surface area contributed by atoms with Crippen molar-refractivity contribution in [2.24, 2.45) is 0 Å². The first kappa shape index (κ1) is 11.3. The van der Waals surface area contributed by atoms with Crippen LogP contribution < -0.4 is 4.74 Å². The van der Waals surface area contributed by atoms with Crippen molar-refractivity contribution in [3.05, 3.63) is 23.8 Å². The molecule has 0 amide bonds. The van der Waals surface area contributed by atoms with Crippen LogP contribution in [0, 0.1) is 0 Å². The van der Waals surface area contributed by atoms with E-state index in [-0.39, 0.29) is 11.2 Å². The van der Waals surface area contributed by atoms with Crippen LogP contribution in [0.2, 0.25) is 0 Å². The SMILES string of the molecule is COc1cc(O)ccc1C1(C)CCCCC1. The minimum Gasteiger partial charge on any atom is -0.508 e. The summed E-state index contributed by atoms with van der Waals surface area (Å²) in [5.74, 6) is 1.10. The molecule has 0 bridgehead atoms. The lowest BCUT2D eigenvalue weighted by atomic mass is 9.70. The second-order valence-corrected chi connectivity index (χ2v) is 5.01. The van der Waals surface area contributed by atoms with Crippen LogP contribution in [-0.4, -0.2) is 12.2 Å². The number of rotatable bonds is 2. The van der Waals surface area contributed by atoms with Crippen molar-refractivity contribution >= 4 is 0 Å². The van der Waals surface area contributed by atoms with E-state index in [1.165, 1.54) is 37.7 Å². The van der Waals surface area contributed by atoms with E-state index < -0.39 is 0 Å². The first-order valence-corrected chi connectivity index (χ1v) is 6.03. The molecule has 1 aromatic rings. The van der Waals surface area contributed by atoms with E-state index in [4.69, 9.17) is 4.74 Å². The van der Waals surface area contributed by atoms with Gasteiger partial charge in [0.2, 0.25) is 0 Å². The Hall–Kier alpha value is -1.18. The molecule has 2 nitrogen and oxygen atoms in total. The maximum Gasteiger partial charge on any atom is 0.126 e. The normalized spacial score (nSPS) is 19.4. The van der Waals surface area contributed by atoms with E-state index in [2.05, 4.69) is 6.92 Å². The lowest BCUT2D eigenvalue weighted by molar-refractivity contribution is 0.303. The highest BCUT2D eigenvalue weighted by molar-refractivity contribution is 5.44. The molecule has 88 valence electrons. The van der Waals surface area contributed by atoms with E-state index in [1.807, 2.05) is 6.07 Å². The number of aromatic hydroxyl groups is 1. The fourth-order valence-electron chi connectivity index (χ4n) is 2.78. The maximum absolute atomic E-state index is 9.47. The monoisotopic (exact) mass is 220 g/mol. The third-order valence-corrected chi connectivity index (χ3v) is 3.79. The Bertz CT molecular complexity index is 365. The smallest absolute Gasteiger partial charge is 0.126 e. The van der Waals surface area contributed by atoms with Gasteiger partial charge in [-0.3, -0.25) is 0 Å². The van der Waals surface area contributed by atoms with Crippen LogP contribution in [0.4, 0.5) is 0 Å². The fourth-order valence-corrected chi connectivity index (χ4v) is 2.78. The lowest BCUT2D eigenvalue weighted by Gasteiger charge is -2.35. The average Bonchev–Trinajstić information content (AvgIpc) is 2.29. The van der Waals surface area contributed by atoms with E-state index in [1.54, 1.807) is 19.2 Å². The summed E-state index contributed by atoms with van der Waals surface area (Å²) in [5, 5.41) is 9.47. The molecule has 0 heterocycles. The quantitative estimate of drug-likeness (QED) is 0.824.